The van der Waals surface area contributed by atoms with Gasteiger partial charge in [0.1, 0.15) is 0 Å². The maximum Gasteiger partial charge on any atom is 0.0636 e. The number of hydrogen-bond donors (Lipinski definition) is 1. The van der Waals surface area contributed by atoms with Crippen LogP contribution in [-0.4, -0.2) is 21.0 Å². The third-order valence-corrected chi connectivity index (χ3v) is 3.80. The number of hydrogen-bond acceptors (Lipinski definition) is 3. The molecule has 2 heterocycles. The van der Waals surface area contributed by atoms with Crippen LogP contribution in [0.4, 0.5) is 0 Å². The van der Waals surface area contributed by atoms with E-state index in [9.17, 15) is 5.11 Å². The highest BCUT2D eigenvalue weighted by Gasteiger charge is 2.12. The molecular weight excluding hydrogens is 244 g/mol. The fourth-order valence-electron chi connectivity index (χ4n) is 2.12. The van der Waals surface area contributed by atoms with Gasteiger partial charge in [0.05, 0.1) is 11.8 Å². The molecule has 0 bridgehead atoms. The van der Waals surface area contributed by atoms with E-state index in [4.69, 9.17) is 0 Å². The Hall–Kier alpha value is -1.13. The molecule has 2 aromatic heterocycles. The van der Waals surface area contributed by atoms with E-state index in [2.05, 4.69) is 36.5 Å². The summed E-state index contributed by atoms with van der Waals surface area (Å²) in [6.07, 6.45) is 2.02. The molecule has 0 aliphatic carbocycles. The van der Waals surface area contributed by atoms with Gasteiger partial charge in [0.2, 0.25) is 0 Å². The number of aryl methyl sites for hydroxylation is 2. The molecule has 3 nitrogen and oxygen atoms in total. The van der Waals surface area contributed by atoms with Gasteiger partial charge in [-0.05, 0) is 48.2 Å². The van der Waals surface area contributed by atoms with Crippen molar-refractivity contribution in [1.82, 2.24) is 9.78 Å². The summed E-state index contributed by atoms with van der Waals surface area (Å²) in [5, 5.41) is 18.8. The lowest BCUT2D eigenvalue weighted by Gasteiger charge is -2.10. The Labute approximate surface area is 112 Å². The van der Waals surface area contributed by atoms with Crippen LogP contribution >= 0.6 is 11.3 Å². The molecule has 0 aliphatic rings. The van der Waals surface area contributed by atoms with Crippen LogP contribution in [0.1, 0.15) is 30.8 Å². The van der Waals surface area contributed by atoms with Crippen molar-refractivity contribution in [1.29, 1.82) is 0 Å². The topological polar surface area (TPSA) is 38.0 Å². The number of aliphatic hydroxyl groups excluding tert-OH is 1. The molecule has 0 aromatic carbocycles. The monoisotopic (exact) mass is 264 g/mol. The minimum atomic E-state index is -0.327. The van der Waals surface area contributed by atoms with E-state index in [-0.39, 0.29) is 6.10 Å². The summed E-state index contributed by atoms with van der Waals surface area (Å²) in [7, 11) is 0. The second-order valence-corrected chi connectivity index (χ2v) is 5.27. The quantitative estimate of drug-likeness (QED) is 0.871. The molecule has 0 saturated carbocycles. The van der Waals surface area contributed by atoms with Crippen LogP contribution in [0.3, 0.4) is 0 Å². The van der Waals surface area contributed by atoms with Crippen molar-refractivity contribution >= 4 is 11.3 Å². The fraction of sp³-hybridized carbons (Fsp3) is 0.500. The number of thiophene rings is 1. The van der Waals surface area contributed by atoms with E-state index in [0.29, 0.717) is 6.42 Å². The van der Waals surface area contributed by atoms with Crippen LogP contribution in [0.15, 0.2) is 22.9 Å². The van der Waals surface area contributed by atoms with Crippen LogP contribution in [0.2, 0.25) is 0 Å². The van der Waals surface area contributed by atoms with Crippen LogP contribution in [0.5, 0.6) is 0 Å². The van der Waals surface area contributed by atoms with E-state index < -0.39 is 0 Å². The first-order valence-electron chi connectivity index (χ1n) is 6.47. The van der Waals surface area contributed by atoms with Gasteiger partial charge in [-0.3, -0.25) is 4.68 Å². The molecule has 4 heteroatoms. The summed E-state index contributed by atoms with van der Waals surface area (Å²) in [5.74, 6) is 0. The molecule has 98 valence electrons. The Morgan fingerprint density at radius 2 is 2.22 bits per heavy atom. The first kappa shape index (κ1) is 13.3. The molecule has 0 radical (unpaired) electrons. The predicted octanol–water partition coefficient (Wildman–Crippen LogP) is 2.67. The predicted molar refractivity (Wildman–Crippen MR) is 75.0 cm³/mol. The summed E-state index contributed by atoms with van der Waals surface area (Å²) >= 11 is 1.67. The second-order valence-electron chi connectivity index (χ2n) is 4.49. The first-order valence-corrected chi connectivity index (χ1v) is 7.42. The molecule has 0 saturated heterocycles. The minimum absolute atomic E-state index is 0.327. The zero-order valence-electron chi connectivity index (χ0n) is 11.0. The summed E-state index contributed by atoms with van der Waals surface area (Å²) in [6, 6.07) is 4.18. The van der Waals surface area contributed by atoms with Gasteiger partial charge in [-0.15, -0.1) is 0 Å². The first-order chi connectivity index (χ1) is 8.72. The van der Waals surface area contributed by atoms with E-state index in [1.54, 1.807) is 11.3 Å². The normalized spacial score (nSPS) is 12.8. The van der Waals surface area contributed by atoms with Gasteiger partial charge in [0.25, 0.3) is 0 Å². The summed E-state index contributed by atoms with van der Waals surface area (Å²) in [4.78, 5) is 0. The lowest BCUT2D eigenvalue weighted by Crippen LogP contribution is -2.16. The zero-order chi connectivity index (χ0) is 13.0. The average Bonchev–Trinajstić information content (AvgIpc) is 2.98. The van der Waals surface area contributed by atoms with Gasteiger partial charge in [0.15, 0.2) is 0 Å². The van der Waals surface area contributed by atoms with Crippen LogP contribution in [0.25, 0.3) is 0 Å². The van der Waals surface area contributed by atoms with Gasteiger partial charge >= 0.3 is 0 Å². The van der Waals surface area contributed by atoms with Gasteiger partial charge in [-0.2, -0.15) is 16.4 Å². The maximum absolute atomic E-state index is 10.1. The molecule has 1 unspecified atom stereocenters. The molecule has 0 fully saturated rings. The lowest BCUT2D eigenvalue weighted by molar-refractivity contribution is 0.172. The third kappa shape index (κ3) is 3.21. The lowest BCUT2D eigenvalue weighted by atomic mass is 10.1. The number of rotatable bonds is 6. The molecular formula is C14H20N2OS. The van der Waals surface area contributed by atoms with Gasteiger partial charge in [0, 0.05) is 18.7 Å². The van der Waals surface area contributed by atoms with Crippen molar-refractivity contribution in [3.8, 4) is 0 Å². The van der Waals surface area contributed by atoms with Crippen molar-refractivity contribution in [2.75, 3.05) is 0 Å². The molecule has 2 aromatic rings. The SMILES string of the molecule is CCc1cc(CC(O)Cc2ccsc2)n(CC)n1. The van der Waals surface area contributed by atoms with Crippen molar-refractivity contribution in [3.05, 3.63) is 39.8 Å². The van der Waals surface area contributed by atoms with Gasteiger partial charge in [-0.25, -0.2) is 0 Å². The van der Waals surface area contributed by atoms with Crippen LogP contribution in [0, 0.1) is 0 Å². The Bertz CT molecular complexity index is 476. The van der Waals surface area contributed by atoms with E-state index in [1.807, 2.05) is 10.1 Å². The van der Waals surface area contributed by atoms with E-state index >= 15 is 0 Å². The standard InChI is InChI=1S/C14H20N2OS/c1-3-12-8-13(16(4-2)15-12)9-14(17)7-11-5-6-18-10-11/h5-6,8,10,14,17H,3-4,7,9H2,1-2H3. The summed E-state index contributed by atoms with van der Waals surface area (Å²) < 4.78 is 2.00. The van der Waals surface area contributed by atoms with Crippen LogP contribution in [-0.2, 0) is 25.8 Å². The number of aliphatic hydroxyl groups is 1. The molecule has 0 aliphatic heterocycles. The summed E-state index contributed by atoms with van der Waals surface area (Å²) in [6.45, 7) is 5.05. The van der Waals surface area contributed by atoms with Crippen molar-refractivity contribution in [3.63, 3.8) is 0 Å². The highest BCUT2D eigenvalue weighted by Crippen LogP contribution is 2.13. The molecule has 0 amide bonds. The molecule has 2 rings (SSSR count). The Morgan fingerprint density at radius 3 is 2.83 bits per heavy atom. The third-order valence-electron chi connectivity index (χ3n) is 3.07. The van der Waals surface area contributed by atoms with Crippen molar-refractivity contribution < 1.29 is 5.11 Å². The fourth-order valence-corrected chi connectivity index (χ4v) is 2.80. The number of aromatic nitrogens is 2. The van der Waals surface area contributed by atoms with Gasteiger partial charge in [-0.1, -0.05) is 6.92 Å². The minimum Gasteiger partial charge on any atom is -0.392 e. The molecule has 1 atom stereocenters. The molecule has 0 spiro atoms. The Balaban J connectivity index is 2.01. The van der Waals surface area contributed by atoms with E-state index in [1.165, 1.54) is 5.56 Å². The summed E-state index contributed by atoms with van der Waals surface area (Å²) in [5.41, 5.74) is 3.46. The highest BCUT2D eigenvalue weighted by molar-refractivity contribution is 7.07. The van der Waals surface area contributed by atoms with Gasteiger partial charge < -0.3 is 5.11 Å². The van der Waals surface area contributed by atoms with E-state index in [0.717, 1.165) is 30.8 Å². The Kier molecular flexibility index (Phi) is 4.55. The molecule has 1 N–H and O–H groups in total. The maximum atomic E-state index is 10.1. The van der Waals surface area contributed by atoms with Crippen molar-refractivity contribution in [2.45, 2.75) is 45.8 Å². The smallest absolute Gasteiger partial charge is 0.0636 e. The van der Waals surface area contributed by atoms with Crippen LogP contribution < -0.4 is 0 Å². The highest BCUT2D eigenvalue weighted by atomic mass is 32.1. The largest absolute Gasteiger partial charge is 0.392 e. The zero-order valence-corrected chi connectivity index (χ0v) is 11.8. The second kappa shape index (κ2) is 6.16. The average molecular weight is 264 g/mol. The number of nitrogens with zero attached hydrogens (tertiary/aromatic N) is 2. The molecule has 18 heavy (non-hydrogen) atoms. The Morgan fingerprint density at radius 1 is 1.39 bits per heavy atom. The van der Waals surface area contributed by atoms with Crippen molar-refractivity contribution in [2.24, 2.45) is 0 Å².